The smallest absolute Gasteiger partial charge is 0.462 e. The Hall–Kier alpha value is -2.37. The molecule has 0 rings (SSSR count). The quantitative estimate of drug-likeness (QED) is 0.0154. The first-order valence-electron chi connectivity index (χ1n) is 21.0. The minimum Gasteiger partial charge on any atom is -0.462 e. The van der Waals surface area contributed by atoms with Crippen molar-refractivity contribution in [1.29, 1.82) is 0 Å². The highest BCUT2D eigenvalue weighted by molar-refractivity contribution is 7.47. The minimum absolute atomic E-state index is 0.0176. The lowest BCUT2D eigenvalue weighted by atomic mass is 10.1. The summed E-state index contributed by atoms with van der Waals surface area (Å²) in [6, 6.07) is 0. The molecule has 318 valence electrons. The number of carbonyl (C=O) groups is 2. The Morgan fingerprint density at radius 3 is 1.76 bits per heavy atom. The van der Waals surface area contributed by atoms with Gasteiger partial charge in [0.1, 0.15) is 6.61 Å². The van der Waals surface area contributed by atoms with Crippen LogP contribution in [0, 0.1) is 0 Å². The fourth-order valence-corrected chi connectivity index (χ4v) is 6.14. The van der Waals surface area contributed by atoms with Gasteiger partial charge in [0.15, 0.2) is 6.10 Å². The number of phosphoric acid groups is 1. The van der Waals surface area contributed by atoms with Crippen molar-refractivity contribution in [1.82, 2.24) is 0 Å². The van der Waals surface area contributed by atoms with Crippen molar-refractivity contribution < 1.29 is 47.8 Å². The number of carbonyl (C=O) groups excluding carboxylic acids is 2. The number of aliphatic hydroxyl groups is 2. The highest BCUT2D eigenvalue weighted by Crippen LogP contribution is 2.43. The number of phosphoric ester groups is 1. The van der Waals surface area contributed by atoms with Crippen LogP contribution >= 0.6 is 7.82 Å². The van der Waals surface area contributed by atoms with Gasteiger partial charge in [-0.2, -0.15) is 0 Å². The second-order valence-electron chi connectivity index (χ2n) is 13.9. The number of rotatable bonds is 38. The van der Waals surface area contributed by atoms with Crippen LogP contribution in [-0.2, 0) is 32.7 Å². The molecule has 4 atom stereocenters. The van der Waals surface area contributed by atoms with Gasteiger partial charge >= 0.3 is 19.8 Å². The molecule has 0 spiro atoms. The zero-order valence-corrected chi connectivity index (χ0v) is 35.0. The minimum atomic E-state index is -4.43. The maximum Gasteiger partial charge on any atom is 0.472 e. The molecule has 11 nitrogen and oxygen atoms in total. The van der Waals surface area contributed by atoms with Crippen LogP contribution in [0.5, 0.6) is 0 Å². The number of aliphatic hydroxyl groups excluding tert-OH is 2. The molecule has 0 aliphatic rings. The average Bonchev–Trinajstić information content (AvgIpc) is 3.16. The Kier molecular flexibility index (Phi) is 36.8. The predicted octanol–water partition coefficient (Wildman–Crippen LogP) is 9.66. The van der Waals surface area contributed by atoms with E-state index in [1.54, 1.807) is 18.2 Å². The molecule has 0 heterocycles. The first-order chi connectivity index (χ1) is 26.6. The number of allylic oxidation sites excluding steroid dienone is 8. The van der Waals surface area contributed by atoms with Crippen LogP contribution in [0.25, 0.3) is 0 Å². The summed E-state index contributed by atoms with van der Waals surface area (Å²) in [4.78, 5) is 34.8. The van der Waals surface area contributed by atoms with Crippen LogP contribution in [0.3, 0.4) is 0 Å². The Morgan fingerprint density at radius 2 is 1.16 bits per heavy atom. The molecule has 12 heteroatoms. The molecule has 0 saturated carbocycles. The molecular formula is C43H76NO10P. The summed E-state index contributed by atoms with van der Waals surface area (Å²) in [5.41, 5.74) is 5.33. The van der Waals surface area contributed by atoms with E-state index >= 15 is 0 Å². The molecule has 0 amide bonds. The summed E-state index contributed by atoms with van der Waals surface area (Å²) >= 11 is 0. The Balaban J connectivity index is 4.43. The van der Waals surface area contributed by atoms with E-state index in [9.17, 15) is 29.3 Å². The van der Waals surface area contributed by atoms with Crippen LogP contribution in [0.1, 0.15) is 155 Å². The highest BCUT2D eigenvalue weighted by Gasteiger charge is 2.26. The number of hydrogen-bond donors (Lipinski definition) is 4. The Bertz CT molecular complexity index is 1120. The number of nitrogens with two attached hydrogens (primary N) is 1. The molecule has 0 saturated heterocycles. The molecule has 55 heavy (non-hydrogen) atoms. The van der Waals surface area contributed by atoms with Crippen LogP contribution in [0.15, 0.2) is 60.8 Å². The summed E-state index contributed by atoms with van der Waals surface area (Å²) in [5.74, 6) is -1.07. The zero-order valence-electron chi connectivity index (χ0n) is 34.1. The van der Waals surface area contributed by atoms with Gasteiger partial charge < -0.3 is 30.3 Å². The van der Waals surface area contributed by atoms with E-state index in [2.05, 4.69) is 26.0 Å². The third-order valence-electron chi connectivity index (χ3n) is 8.58. The van der Waals surface area contributed by atoms with E-state index in [0.29, 0.717) is 25.7 Å². The van der Waals surface area contributed by atoms with Crippen molar-refractivity contribution in [3.8, 4) is 0 Å². The summed E-state index contributed by atoms with van der Waals surface area (Å²) in [6.45, 7) is 3.33. The molecule has 0 radical (unpaired) electrons. The van der Waals surface area contributed by atoms with Gasteiger partial charge in [-0.3, -0.25) is 18.6 Å². The topological polar surface area (TPSA) is 175 Å². The molecule has 5 N–H and O–H groups in total. The van der Waals surface area contributed by atoms with E-state index in [4.69, 9.17) is 24.3 Å². The van der Waals surface area contributed by atoms with Crippen LogP contribution in [0.4, 0.5) is 0 Å². The standard InChI is InChI=1S/C43H76NO10P/c1-3-5-7-8-9-10-11-12-13-14-15-16-20-23-27-33-43(48)54-41(38-53-55(49,50)52-36-35-44)37-51-42(47)34-28-32-40(46)31-26-22-19-17-18-21-25-30-39(45)29-24-6-4-2/h10-11,18-19,21-22,25-26,30-31,39-41,45-46H,3-9,12-17,20,23-24,27-29,32-38,44H2,1-2H3,(H,49,50)/b11-10-,21-18-,22-19-,30-25+,31-26+/t39-,40-,41+/m0/s1. The lowest BCUT2D eigenvalue weighted by Crippen LogP contribution is -2.29. The van der Waals surface area contributed by atoms with Gasteiger partial charge in [-0.1, -0.05) is 145 Å². The van der Waals surface area contributed by atoms with E-state index in [1.165, 1.54) is 51.4 Å². The van der Waals surface area contributed by atoms with Crippen molar-refractivity contribution in [3.05, 3.63) is 60.8 Å². The maximum absolute atomic E-state index is 12.6. The number of hydrogen-bond acceptors (Lipinski definition) is 10. The largest absolute Gasteiger partial charge is 0.472 e. The second-order valence-corrected chi connectivity index (χ2v) is 15.4. The van der Waals surface area contributed by atoms with Gasteiger partial charge in [0, 0.05) is 19.4 Å². The van der Waals surface area contributed by atoms with Crippen molar-refractivity contribution in [3.63, 3.8) is 0 Å². The van der Waals surface area contributed by atoms with Crippen molar-refractivity contribution in [2.45, 2.75) is 173 Å². The Morgan fingerprint density at radius 1 is 0.636 bits per heavy atom. The summed E-state index contributed by atoms with van der Waals surface area (Å²) in [6.07, 6.45) is 37.5. The summed E-state index contributed by atoms with van der Waals surface area (Å²) < 4.78 is 32.6. The van der Waals surface area contributed by atoms with Crippen molar-refractivity contribution in [2.24, 2.45) is 5.73 Å². The lowest BCUT2D eigenvalue weighted by Gasteiger charge is -2.20. The molecule has 0 aromatic carbocycles. The van der Waals surface area contributed by atoms with E-state index in [-0.39, 0.29) is 32.6 Å². The summed E-state index contributed by atoms with van der Waals surface area (Å²) in [7, 11) is -4.43. The molecule has 0 aromatic heterocycles. The van der Waals surface area contributed by atoms with Crippen LogP contribution in [-0.4, -0.2) is 71.7 Å². The molecule has 0 fully saturated rings. The molecule has 0 aliphatic heterocycles. The highest BCUT2D eigenvalue weighted by atomic mass is 31.2. The molecule has 0 aliphatic carbocycles. The average molecular weight is 798 g/mol. The molecule has 0 aromatic rings. The van der Waals surface area contributed by atoms with Gasteiger partial charge in [-0.15, -0.1) is 0 Å². The third kappa shape index (κ3) is 38.3. The normalized spacial score (nSPS) is 15.1. The van der Waals surface area contributed by atoms with Gasteiger partial charge in [-0.05, 0) is 57.8 Å². The monoisotopic (exact) mass is 798 g/mol. The van der Waals surface area contributed by atoms with Gasteiger partial charge in [0.25, 0.3) is 0 Å². The van der Waals surface area contributed by atoms with Gasteiger partial charge in [0.2, 0.25) is 0 Å². The van der Waals surface area contributed by atoms with Gasteiger partial charge in [0.05, 0.1) is 25.4 Å². The first kappa shape index (κ1) is 52.6. The molecule has 1 unspecified atom stereocenters. The number of ether oxygens (including phenoxy) is 2. The SMILES string of the molecule is CCCCCC/C=C\CCCCCCCCCC(=O)O[C@H](COC(=O)CCC[C@@H](O)/C=C/C=C\C/C=C\C=C\[C@@H](O)CCCCC)COP(=O)(O)OCCN. The Labute approximate surface area is 333 Å². The maximum atomic E-state index is 12.6. The molecular weight excluding hydrogens is 721 g/mol. The van der Waals surface area contributed by atoms with E-state index < -0.39 is 44.7 Å². The zero-order chi connectivity index (χ0) is 40.7. The third-order valence-corrected chi connectivity index (χ3v) is 9.57. The first-order valence-corrected chi connectivity index (χ1v) is 22.5. The number of esters is 2. The lowest BCUT2D eigenvalue weighted by molar-refractivity contribution is -0.161. The molecule has 0 bridgehead atoms. The van der Waals surface area contributed by atoms with E-state index in [0.717, 1.165) is 51.4 Å². The van der Waals surface area contributed by atoms with Crippen molar-refractivity contribution in [2.75, 3.05) is 26.4 Å². The number of unbranched alkanes of at least 4 members (excludes halogenated alkanes) is 13. The van der Waals surface area contributed by atoms with Gasteiger partial charge in [-0.25, -0.2) is 4.57 Å². The van der Waals surface area contributed by atoms with Crippen LogP contribution < -0.4 is 5.73 Å². The predicted molar refractivity (Wildman–Crippen MR) is 222 cm³/mol. The fourth-order valence-electron chi connectivity index (χ4n) is 5.37. The van der Waals surface area contributed by atoms with Crippen molar-refractivity contribution >= 4 is 19.8 Å². The van der Waals surface area contributed by atoms with E-state index in [1.807, 2.05) is 30.4 Å². The van der Waals surface area contributed by atoms with Crippen LogP contribution in [0.2, 0.25) is 0 Å². The fraction of sp³-hybridized carbons (Fsp3) is 0.721. The second kappa shape index (κ2) is 38.5. The summed E-state index contributed by atoms with van der Waals surface area (Å²) in [5, 5.41) is 20.1.